The predicted octanol–water partition coefficient (Wildman–Crippen LogP) is 3.24. The molecule has 0 aliphatic heterocycles. The van der Waals surface area contributed by atoms with Crippen LogP contribution in [0.15, 0.2) is 42.5 Å². The topological polar surface area (TPSA) is 111 Å². The summed E-state index contributed by atoms with van der Waals surface area (Å²) in [5.74, 6) is -1.13. The van der Waals surface area contributed by atoms with E-state index in [0.29, 0.717) is 16.3 Å². The maximum Gasteiger partial charge on any atom is 0.312 e. The largest absolute Gasteiger partial charge is 0.455 e. The van der Waals surface area contributed by atoms with Crippen molar-refractivity contribution >= 4 is 35.2 Å². The number of halogens is 1. The van der Waals surface area contributed by atoms with Gasteiger partial charge in [-0.05, 0) is 36.6 Å². The molecule has 2 rings (SSSR count). The van der Waals surface area contributed by atoms with Gasteiger partial charge in [-0.1, -0.05) is 48.0 Å². The molecule has 2 aromatic carbocycles. The van der Waals surface area contributed by atoms with Crippen LogP contribution in [0.3, 0.4) is 0 Å². The van der Waals surface area contributed by atoms with Gasteiger partial charge in [0.1, 0.15) is 0 Å². The van der Waals surface area contributed by atoms with E-state index in [1.165, 1.54) is 0 Å². The van der Waals surface area contributed by atoms with Crippen LogP contribution in [0.1, 0.15) is 29.2 Å². The Balaban J connectivity index is 1.96. The molecule has 148 valence electrons. The molecule has 8 heteroatoms. The van der Waals surface area contributed by atoms with Crippen LogP contribution in [0.2, 0.25) is 5.02 Å². The first kappa shape index (κ1) is 21.2. The van der Waals surface area contributed by atoms with E-state index in [1.54, 1.807) is 24.3 Å². The fourth-order valence-corrected chi connectivity index (χ4v) is 2.99. The molecule has 28 heavy (non-hydrogen) atoms. The molecule has 0 aliphatic rings. The lowest BCUT2D eigenvalue weighted by Gasteiger charge is -2.18. The summed E-state index contributed by atoms with van der Waals surface area (Å²) in [6, 6.07) is 10.8. The third kappa shape index (κ3) is 5.99. The number of anilines is 1. The van der Waals surface area contributed by atoms with Crippen molar-refractivity contribution in [2.75, 3.05) is 11.9 Å². The number of para-hydroxylation sites is 1. The third-order valence-electron chi connectivity index (χ3n) is 4.08. The number of aryl methyl sites for hydroxylation is 2. The maximum absolute atomic E-state index is 12.2. The Morgan fingerprint density at radius 1 is 1.07 bits per heavy atom. The highest BCUT2D eigenvalue weighted by atomic mass is 35.5. The highest BCUT2D eigenvalue weighted by molar-refractivity contribution is 6.31. The molecule has 0 spiro atoms. The number of carbonyl (C=O) groups excluding carboxylic acids is 3. The van der Waals surface area contributed by atoms with E-state index < -0.39 is 30.6 Å². The Hall–Kier alpha value is -3.06. The van der Waals surface area contributed by atoms with Gasteiger partial charge in [-0.15, -0.1) is 0 Å². The number of ether oxygens (including phenoxy) is 1. The number of rotatable bonds is 7. The van der Waals surface area contributed by atoms with Gasteiger partial charge in [-0.25, -0.2) is 4.79 Å². The minimum absolute atomic E-state index is 0.219. The molecule has 2 aromatic rings. The van der Waals surface area contributed by atoms with Crippen LogP contribution in [-0.4, -0.2) is 24.5 Å². The van der Waals surface area contributed by atoms with E-state index in [0.717, 1.165) is 11.1 Å². The van der Waals surface area contributed by atoms with Crippen molar-refractivity contribution < 1.29 is 19.1 Å². The average molecular weight is 404 g/mol. The summed E-state index contributed by atoms with van der Waals surface area (Å²) in [5, 5.41) is 5.57. The van der Waals surface area contributed by atoms with E-state index in [2.05, 4.69) is 10.6 Å². The zero-order chi connectivity index (χ0) is 20.7. The van der Waals surface area contributed by atoms with Crippen molar-refractivity contribution in [2.45, 2.75) is 26.3 Å². The lowest BCUT2D eigenvalue weighted by molar-refractivity contribution is -0.147. The Morgan fingerprint density at radius 3 is 2.32 bits per heavy atom. The van der Waals surface area contributed by atoms with Crippen LogP contribution in [0.4, 0.5) is 10.5 Å². The highest BCUT2D eigenvalue weighted by Crippen LogP contribution is 2.25. The summed E-state index contributed by atoms with van der Waals surface area (Å²) in [6.45, 7) is 3.30. The first-order valence-electron chi connectivity index (χ1n) is 8.60. The minimum atomic E-state index is -0.800. The van der Waals surface area contributed by atoms with E-state index in [1.807, 2.05) is 32.0 Å². The predicted molar refractivity (Wildman–Crippen MR) is 107 cm³/mol. The van der Waals surface area contributed by atoms with E-state index in [-0.39, 0.29) is 6.42 Å². The second kappa shape index (κ2) is 9.75. The maximum atomic E-state index is 12.2. The Bertz CT molecular complexity index is 865. The SMILES string of the molecule is Cc1cccc(C)c1NC(=O)COC(=O)C[C@H](NC(N)=O)c1ccccc1Cl. The zero-order valence-corrected chi connectivity index (χ0v) is 16.4. The molecule has 0 bridgehead atoms. The lowest BCUT2D eigenvalue weighted by atomic mass is 10.0. The molecule has 1 atom stereocenters. The van der Waals surface area contributed by atoms with Gasteiger partial charge in [-0.2, -0.15) is 0 Å². The second-order valence-corrected chi connectivity index (χ2v) is 6.67. The Morgan fingerprint density at radius 2 is 1.71 bits per heavy atom. The van der Waals surface area contributed by atoms with Gasteiger partial charge in [0, 0.05) is 10.7 Å². The van der Waals surface area contributed by atoms with Crippen molar-refractivity contribution in [1.29, 1.82) is 0 Å². The molecular formula is C20H22ClN3O4. The van der Waals surface area contributed by atoms with Crippen LogP contribution in [0.25, 0.3) is 0 Å². The number of urea groups is 1. The minimum Gasteiger partial charge on any atom is -0.455 e. The van der Waals surface area contributed by atoms with Gasteiger partial charge >= 0.3 is 12.0 Å². The monoisotopic (exact) mass is 403 g/mol. The van der Waals surface area contributed by atoms with Gasteiger partial charge < -0.3 is 21.1 Å². The van der Waals surface area contributed by atoms with Gasteiger partial charge in [0.05, 0.1) is 12.5 Å². The molecule has 0 radical (unpaired) electrons. The van der Waals surface area contributed by atoms with Crippen LogP contribution < -0.4 is 16.4 Å². The van der Waals surface area contributed by atoms with E-state index in [4.69, 9.17) is 22.1 Å². The molecule has 7 nitrogen and oxygen atoms in total. The van der Waals surface area contributed by atoms with Gasteiger partial charge in [0.15, 0.2) is 6.61 Å². The quantitative estimate of drug-likeness (QED) is 0.616. The number of esters is 1. The number of hydrogen-bond acceptors (Lipinski definition) is 4. The summed E-state index contributed by atoms with van der Waals surface area (Å²) in [4.78, 5) is 35.5. The summed E-state index contributed by atoms with van der Waals surface area (Å²) >= 11 is 6.12. The summed E-state index contributed by atoms with van der Waals surface area (Å²) in [7, 11) is 0. The molecule has 0 saturated carbocycles. The molecule has 4 N–H and O–H groups in total. The number of amides is 3. The number of carbonyl (C=O) groups is 3. The van der Waals surface area contributed by atoms with Crippen molar-refractivity contribution in [2.24, 2.45) is 5.73 Å². The third-order valence-corrected chi connectivity index (χ3v) is 4.42. The van der Waals surface area contributed by atoms with E-state index >= 15 is 0 Å². The lowest BCUT2D eigenvalue weighted by Crippen LogP contribution is -2.35. The Kier molecular flexibility index (Phi) is 7.40. The molecule has 0 saturated heterocycles. The van der Waals surface area contributed by atoms with Crippen LogP contribution in [-0.2, 0) is 14.3 Å². The molecule has 0 fully saturated rings. The van der Waals surface area contributed by atoms with Crippen LogP contribution in [0.5, 0.6) is 0 Å². The standard InChI is InChI=1S/C20H22ClN3O4/c1-12-6-5-7-13(2)19(12)24-17(25)11-28-18(26)10-16(23-20(22)27)14-8-3-4-9-15(14)21/h3-9,16H,10-11H2,1-2H3,(H,24,25)(H3,22,23,27)/t16-/m0/s1. The van der Waals surface area contributed by atoms with Crippen LogP contribution in [0, 0.1) is 13.8 Å². The number of primary amides is 1. The molecule has 0 aromatic heterocycles. The summed E-state index contributed by atoms with van der Waals surface area (Å²) in [5.41, 5.74) is 8.21. The van der Waals surface area contributed by atoms with E-state index in [9.17, 15) is 14.4 Å². The van der Waals surface area contributed by atoms with Gasteiger partial charge in [0.2, 0.25) is 0 Å². The first-order valence-corrected chi connectivity index (χ1v) is 8.97. The Labute approximate surface area is 168 Å². The first-order chi connectivity index (χ1) is 13.3. The summed E-state index contributed by atoms with van der Waals surface area (Å²) < 4.78 is 5.04. The smallest absolute Gasteiger partial charge is 0.312 e. The number of nitrogens with one attached hydrogen (secondary N) is 2. The van der Waals surface area contributed by atoms with Crippen LogP contribution >= 0.6 is 11.6 Å². The molecule has 0 aliphatic carbocycles. The van der Waals surface area contributed by atoms with Crippen molar-refractivity contribution in [3.63, 3.8) is 0 Å². The van der Waals surface area contributed by atoms with Crippen molar-refractivity contribution in [1.82, 2.24) is 5.32 Å². The van der Waals surface area contributed by atoms with Crippen molar-refractivity contribution in [3.8, 4) is 0 Å². The number of hydrogen-bond donors (Lipinski definition) is 3. The summed E-state index contributed by atoms with van der Waals surface area (Å²) in [6.07, 6.45) is -0.219. The fourth-order valence-electron chi connectivity index (χ4n) is 2.73. The van der Waals surface area contributed by atoms with Gasteiger partial charge in [0.25, 0.3) is 5.91 Å². The van der Waals surface area contributed by atoms with Gasteiger partial charge in [-0.3, -0.25) is 9.59 Å². The molecular weight excluding hydrogens is 382 g/mol. The normalized spacial score (nSPS) is 11.4. The number of benzene rings is 2. The fraction of sp³-hybridized carbons (Fsp3) is 0.250. The molecule has 0 heterocycles. The molecule has 3 amide bonds. The average Bonchev–Trinajstić information content (AvgIpc) is 2.63. The number of nitrogens with two attached hydrogens (primary N) is 1. The van der Waals surface area contributed by atoms with Crippen molar-refractivity contribution in [3.05, 3.63) is 64.2 Å². The zero-order valence-electron chi connectivity index (χ0n) is 15.6. The molecule has 0 unspecified atom stereocenters. The highest BCUT2D eigenvalue weighted by Gasteiger charge is 2.21. The second-order valence-electron chi connectivity index (χ2n) is 6.26.